The van der Waals surface area contributed by atoms with Gasteiger partial charge in [0.05, 0.1) is 0 Å². The van der Waals surface area contributed by atoms with Crippen molar-refractivity contribution in [2.75, 3.05) is 0 Å². The van der Waals surface area contributed by atoms with E-state index in [0.717, 1.165) is 22.4 Å². The van der Waals surface area contributed by atoms with Crippen molar-refractivity contribution in [3.63, 3.8) is 0 Å². The van der Waals surface area contributed by atoms with E-state index in [9.17, 15) is 5.11 Å². The molecule has 0 heterocycles. The molecule has 0 unspecified atom stereocenters. The molecule has 0 spiro atoms. The molecular weight excluding hydrogens is 156 g/mol. The second kappa shape index (κ2) is 3.18. The number of aromatic hydroxyl groups is 1. The van der Waals surface area contributed by atoms with Gasteiger partial charge in [-0.3, -0.25) is 0 Å². The molecule has 60 valence electrons. The van der Waals surface area contributed by atoms with Crippen molar-refractivity contribution < 1.29 is 5.11 Å². The molecule has 1 aromatic rings. The minimum atomic E-state index is 0.389. The van der Waals surface area contributed by atoms with Gasteiger partial charge in [0.15, 0.2) is 0 Å². The zero-order chi connectivity index (χ0) is 8.43. The summed E-state index contributed by atoms with van der Waals surface area (Å²) in [6, 6.07) is 3.82. The molecule has 0 radical (unpaired) electrons. The second-order valence-corrected chi connectivity index (χ2v) is 3.05. The third-order valence-electron chi connectivity index (χ3n) is 1.87. The third-order valence-corrected chi connectivity index (χ3v) is 2.35. The Balaban J connectivity index is 3.25. The monoisotopic (exact) mass is 168 g/mol. The molecule has 1 rings (SSSR count). The van der Waals surface area contributed by atoms with Crippen LogP contribution in [0.5, 0.6) is 5.75 Å². The number of benzene rings is 1. The van der Waals surface area contributed by atoms with E-state index in [4.69, 9.17) is 0 Å². The van der Waals surface area contributed by atoms with Gasteiger partial charge < -0.3 is 5.11 Å². The zero-order valence-corrected chi connectivity index (χ0v) is 7.65. The molecule has 0 aliphatic carbocycles. The second-order valence-electron chi connectivity index (χ2n) is 2.57. The van der Waals surface area contributed by atoms with E-state index in [1.807, 2.05) is 26.0 Å². The lowest BCUT2D eigenvalue weighted by atomic mass is 10.1. The van der Waals surface area contributed by atoms with Crippen LogP contribution < -0.4 is 0 Å². The molecule has 0 aliphatic heterocycles. The molecule has 0 saturated heterocycles. The van der Waals surface area contributed by atoms with E-state index in [2.05, 4.69) is 12.6 Å². The van der Waals surface area contributed by atoms with Crippen LogP contribution in [-0.2, 0) is 6.42 Å². The average molecular weight is 168 g/mol. The van der Waals surface area contributed by atoms with Crippen LogP contribution in [0.25, 0.3) is 0 Å². The summed E-state index contributed by atoms with van der Waals surface area (Å²) in [5.74, 6) is 0.389. The van der Waals surface area contributed by atoms with E-state index < -0.39 is 0 Å². The summed E-state index contributed by atoms with van der Waals surface area (Å²) in [5.41, 5.74) is 1.85. The molecule has 0 aliphatic rings. The van der Waals surface area contributed by atoms with E-state index in [1.54, 1.807) is 0 Å². The molecular formula is C9H12OS. The van der Waals surface area contributed by atoms with Crippen LogP contribution in [-0.4, -0.2) is 5.11 Å². The Labute approximate surface area is 72.5 Å². The van der Waals surface area contributed by atoms with Gasteiger partial charge in [-0.1, -0.05) is 13.0 Å². The normalized spacial score (nSPS) is 10.1. The van der Waals surface area contributed by atoms with Gasteiger partial charge in [0.2, 0.25) is 0 Å². The van der Waals surface area contributed by atoms with Crippen molar-refractivity contribution in [1.82, 2.24) is 0 Å². The Morgan fingerprint density at radius 2 is 2.09 bits per heavy atom. The number of phenols is 1. The van der Waals surface area contributed by atoms with Gasteiger partial charge in [-0.2, -0.15) is 0 Å². The molecule has 0 saturated carbocycles. The van der Waals surface area contributed by atoms with E-state index in [-0.39, 0.29) is 0 Å². The Morgan fingerprint density at radius 3 is 2.64 bits per heavy atom. The lowest BCUT2D eigenvalue weighted by molar-refractivity contribution is 0.462. The molecule has 2 heteroatoms. The molecule has 0 bridgehead atoms. The van der Waals surface area contributed by atoms with Crippen LogP contribution in [0.1, 0.15) is 18.1 Å². The lowest BCUT2D eigenvalue weighted by Gasteiger charge is -2.06. The molecule has 0 amide bonds. The summed E-state index contributed by atoms with van der Waals surface area (Å²) < 4.78 is 0. The number of aryl methyl sites for hydroxylation is 1. The SMILES string of the molecule is CCc1ccc(S)c(C)c1O. The first-order valence-electron chi connectivity index (χ1n) is 3.67. The van der Waals surface area contributed by atoms with Gasteiger partial charge in [0, 0.05) is 10.5 Å². The zero-order valence-electron chi connectivity index (χ0n) is 6.76. The molecule has 0 atom stereocenters. The smallest absolute Gasteiger partial charge is 0.122 e. The van der Waals surface area contributed by atoms with Crippen LogP contribution in [0.15, 0.2) is 17.0 Å². The fourth-order valence-electron chi connectivity index (χ4n) is 1.03. The first kappa shape index (κ1) is 8.47. The highest BCUT2D eigenvalue weighted by Gasteiger charge is 2.03. The topological polar surface area (TPSA) is 20.2 Å². The Kier molecular flexibility index (Phi) is 2.45. The van der Waals surface area contributed by atoms with Gasteiger partial charge in [0.25, 0.3) is 0 Å². The predicted molar refractivity (Wildman–Crippen MR) is 49.5 cm³/mol. The van der Waals surface area contributed by atoms with Crippen LogP contribution in [0.4, 0.5) is 0 Å². The van der Waals surface area contributed by atoms with Crippen molar-refractivity contribution in [2.24, 2.45) is 0 Å². The van der Waals surface area contributed by atoms with Crippen molar-refractivity contribution in [3.05, 3.63) is 23.3 Å². The maximum atomic E-state index is 9.53. The van der Waals surface area contributed by atoms with E-state index in [0.29, 0.717) is 5.75 Å². The van der Waals surface area contributed by atoms with Gasteiger partial charge in [-0.15, -0.1) is 12.6 Å². The molecule has 1 aromatic carbocycles. The van der Waals surface area contributed by atoms with Crippen LogP contribution in [0.2, 0.25) is 0 Å². The number of phenolic OH excluding ortho intramolecular Hbond substituents is 1. The molecule has 0 aromatic heterocycles. The minimum Gasteiger partial charge on any atom is -0.507 e. The highest BCUT2D eigenvalue weighted by Crippen LogP contribution is 2.27. The van der Waals surface area contributed by atoms with E-state index >= 15 is 0 Å². The predicted octanol–water partition coefficient (Wildman–Crippen LogP) is 2.55. The summed E-state index contributed by atoms with van der Waals surface area (Å²) in [5, 5.41) is 9.53. The van der Waals surface area contributed by atoms with Crippen LogP contribution in [0.3, 0.4) is 0 Å². The van der Waals surface area contributed by atoms with Crippen molar-refractivity contribution in [2.45, 2.75) is 25.2 Å². The largest absolute Gasteiger partial charge is 0.507 e. The Hall–Kier alpha value is -0.630. The molecule has 11 heavy (non-hydrogen) atoms. The number of rotatable bonds is 1. The quantitative estimate of drug-likeness (QED) is 0.617. The summed E-state index contributed by atoms with van der Waals surface area (Å²) >= 11 is 4.19. The van der Waals surface area contributed by atoms with Crippen molar-refractivity contribution in [3.8, 4) is 5.75 Å². The van der Waals surface area contributed by atoms with Crippen LogP contribution in [0, 0.1) is 6.92 Å². The molecule has 0 fully saturated rings. The highest BCUT2D eigenvalue weighted by atomic mass is 32.1. The number of hydrogen-bond donors (Lipinski definition) is 2. The highest BCUT2D eigenvalue weighted by molar-refractivity contribution is 7.80. The number of thiol groups is 1. The first-order valence-corrected chi connectivity index (χ1v) is 4.12. The van der Waals surface area contributed by atoms with Gasteiger partial charge in [0.1, 0.15) is 5.75 Å². The standard InChI is InChI=1S/C9H12OS/c1-3-7-4-5-8(11)6(2)9(7)10/h4-5,10-11H,3H2,1-2H3. The maximum absolute atomic E-state index is 9.53. The van der Waals surface area contributed by atoms with Gasteiger partial charge in [-0.05, 0) is 25.0 Å². The van der Waals surface area contributed by atoms with Gasteiger partial charge in [-0.25, -0.2) is 0 Å². The Bertz CT molecular complexity index is 269. The van der Waals surface area contributed by atoms with Gasteiger partial charge >= 0.3 is 0 Å². The summed E-state index contributed by atoms with van der Waals surface area (Å²) in [4.78, 5) is 0.847. The van der Waals surface area contributed by atoms with Crippen molar-refractivity contribution in [1.29, 1.82) is 0 Å². The lowest BCUT2D eigenvalue weighted by Crippen LogP contribution is -1.85. The summed E-state index contributed by atoms with van der Waals surface area (Å²) in [6.07, 6.45) is 0.862. The van der Waals surface area contributed by atoms with Crippen molar-refractivity contribution >= 4 is 12.6 Å². The third kappa shape index (κ3) is 1.51. The summed E-state index contributed by atoms with van der Waals surface area (Å²) in [7, 11) is 0. The van der Waals surface area contributed by atoms with Crippen LogP contribution >= 0.6 is 12.6 Å². The summed E-state index contributed by atoms with van der Waals surface area (Å²) in [6.45, 7) is 3.89. The molecule has 1 nitrogen and oxygen atoms in total. The first-order chi connectivity index (χ1) is 5.16. The fourth-order valence-corrected chi connectivity index (χ4v) is 1.21. The van der Waals surface area contributed by atoms with E-state index in [1.165, 1.54) is 0 Å². The fraction of sp³-hybridized carbons (Fsp3) is 0.333. The average Bonchev–Trinajstić information content (AvgIpc) is 2.01. The molecule has 1 N–H and O–H groups in total. The Morgan fingerprint density at radius 1 is 1.45 bits per heavy atom. The maximum Gasteiger partial charge on any atom is 0.122 e. The number of hydrogen-bond acceptors (Lipinski definition) is 2. The minimum absolute atomic E-state index is 0.389.